The molecule has 0 unspecified atom stereocenters. The van der Waals surface area contributed by atoms with Crippen LogP contribution >= 0.6 is 0 Å². The van der Waals surface area contributed by atoms with Crippen LogP contribution in [0.15, 0.2) is 57.5 Å². The maximum atomic E-state index is 14.7. The second-order valence-corrected chi connectivity index (χ2v) is 7.02. The van der Waals surface area contributed by atoms with Crippen LogP contribution in [0, 0.1) is 6.92 Å². The zero-order valence-corrected chi connectivity index (χ0v) is 15.9. The van der Waals surface area contributed by atoms with Crippen molar-refractivity contribution in [3.8, 4) is 0 Å². The Labute approximate surface area is 160 Å². The fourth-order valence-electron chi connectivity index (χ4n) is 2.76. The Balaban J connectivity index is 1.98. The molecule has 1 fully saturated rings. The summed E-state index contributed by atoms with van der Waals surface area (Å²) in [5.74, 6) is -2.16. The average Bonchev–Trinajstić information content (AvgIpc) is 2.66. The fraction of sp³-hybridized carbons (Fsp3) is 0.350. The fourth-order valence-corrected chi connectivity index (χ4v) is 2.76. The van der Waals surface area contributed by atoms with Crippen LogP contribution in [0.5, 0.6) is 0 Å². The van der Waals surface area contributed by atoms with E-state index in [1.165, 1.54) is 25.3 Å². The van der Waals surface area contributed by atoms with Crippen molar-refractivity contribution in [1.82, 2.24) is 9.13 Å². The molecule has 0 spiro atoms. The van der Waals surface area contributed by atoms with E-state index >= 15 is 0 Å². The number of aryl methyl sites for hydroxylation is 1. The van der Waals surface area contributed by atoms with Crippen molar-refractivity contribution in [2.45, 2.75) is 33.1 Å². The molecular formula is C20H21FN2O5. The number of carbonyl (C=O) groups excluding carboxylic acids is 1. The predicted octanol–water partition coefficient (Wildman–Crippen LogP) is 2.01. The van der Waals surface area contributed by atoms with Crippen molar-refractivity contribution in [2.24, 2.45) is 0 Å². The second kappa shape index (κ2) is 7.65. The van der Waals surface area contributed by atoms with Gasteiger partial charge in [0.2, 0.25) is 0 Å². The van der Waals surface area contributed by atoms with E-state index in [4.69, 9.17) is 9.47 Å². The van der Waals surface area contributed by atoms with Gasteiger partial charge in [0.05, 0.1) is 19.8 Å². The lowest BCUT2D eigenvalue weighted by Crippen LogP contribution is -2.44. The number of ether oxygens (including phenoxy) is 2. The van der Waals surface area contributed by atoms with E-state index in [9.17, 15) is 18.8 Å². The van der Waals surface area contributed by atoms with Gasteiger partial charge in [0.1, 0.15) is 5.83 Å². The molecule has 0 radical (unpaired) electrons. The first kappa shape index (κ1) is 19.9. The Morgan fingerprint density at radius 2 is 1.75 bits per heavy atom. The third-order valence-electron chi connectivity index (χ3n) is 4.43. The minimum atomic E-state index is -0.904. The van der Waals surface area contributed by atoms with Crippen LogP contribution in [0.25, 0.3) is 0 Å². The Bertz CT molecular complexity index is 1040. The van der Waals surface area contributed by atoms with E-state index in [-0.39, 0.29) is 29.9 Å². The number of hydrogen-bond acceptors (Lipinski definition) is 5. The Morgan fingerprint density at radius 3 is 2.36 bits per heavy atom. The summed E-state index contributed by atoms with van der Waals surface area (Å²) in [5, 5.41) is 0. The minimum Gasteiger partial charge on any atom is -0.346 e. The lowest BCUT2D eigenvalue weighted by molar-refractivity contribution is -0.226. The van der Waals surface area contributed by atoms with E-state index in [1.54, 1.807) is 32.0 Å². The highest BCUT2D eigenvalue weighted by Crippen LogP contribution is 2.23. The molecule has 7 nitrogen and oxygen atoms in total. The Hall–Kier alpha value is -2.84. The van der Waals surface area contributed by atoms with Crippen LogP contribution in [0.2, 0.25) is 0 Å². The molecule has 148 valence electrons. The van der Waals surface area contributed by atoms with Crippen LogP contribution < -0.4 is 11.2 Å². The number of benzene rings is 1. The molecule has 2 aromatic rings. The van der Waals surface area contributed by atoms with E-state index in [2.05, 4.69) is 0 Å². The predicted molar refractivity (Wildman–Crippen MR) is 100.0 cm³/mol. The zero-order valence-electron chi connectivity index (χ0n) is 15.9. The number of nitrogens with zero attached hydrogens (tertiary/aromatic N) is 2. The normalized spacial score (nSPS) is 16.1. The van der Waals surface area contributed by atoms with Gasteiger partial charge in [-0.25, -0.2) is 9.18 Å². The highest BCUT2D eigenvalue weighted by Gasteiger charge is 2.27. The van der Waals surface area contributed by atoms with Gasteiger partial charge in [-0.05, 0) is 32.9 Å². The van der Waals surface area contributed by atoms with Gasteiger partial charge in [-0.3, -0.25) is 14.2 Å². The van der Waals surface area contributed by atoms with Gasteiger partial charge < -0.3 is 9.47 Å². The van der Waals surface area contributed by atoms with E-state index in [1.807, 2.05) is 0 Å². The third-order valence-corrected chi connectivity index (χ3v) is 4.43. The van der Waals surface area contributed by atoms with Crippen molar-refractivity contribution in [2.75, 3.05) is 13.2 Å². The average molecular weight is 388 g/mol. The summed E-state index contributed by atoms with van der Waals surface area (Å²) in [7, 11) is 0. The monoisotopic (exact) mass is 388 g/mol. The molecule has 1 aromatic heterocycles. The summed E-state index contributed by atoms with van der Waals surface area (Å²) in [5.41, 5.74) is -1.02. The number of allylic oxidation sites excluding steroid dienone is 1. The minimum absolute atomic E-state index is 0.0369. The summed E-state index contributed by atoms with van der Waals surface area (Å²) < 4.78 is 27.0. The Kier molecular flexibility index (Phi) is 5.44. The van der Waals surface area contributed by atoms with Crippen molar-refractivity contribution < 1.29 is 18.7 Å². The molecular weight excluding hydrogens is 367 g/mol. The number of aromatic nitrogens is 2. The molecule has 1 aliphatic rings. The molecule has 0 N–H and O–H groups in total. The number of hydrogen-bond donors (Lipinski definition) is 0. The van der Waals surface area contributed by atoms with Crippen LogP contribution in [0.1, 0.15) is 29.8 Å². The summed E-state index contributed by atoms with van der Waals surface area (Å²) in [4.78, 5) is 37.8. The van der Waals surface area contributed by atoms with Crippen molar-refractivity contribution >= 4 is 5.91 Å². The van der Waals surface area contributed by atoms with Gasteiger partial charge in [0.15, 0.2) is 5.79 Å². The lowest BCUT2D eigenvalue weighted by atomic mass is 10.2. The SMILES string of the molecule is Cc1cn(CC(F)=C2COC(C)(C)OC2)c(=O)n(C(=O)c2ccccc2)c1=O. The van der Waals surface area contributed by atoms with Gasteiger partial charge >= 0.3 is 5.69 Å². The maximum absolute atomic E-state index is 14.7. The van der Waals surface area contributed by atoms with E-state index in [0.29, 0.717) is 4.57 Å². The van der Waals surface area contributed by atoms with Gasteiger partial charge in [-0.2, -0.15) is 4.57 Å². The maximum Gasteiger partial charge on any atom is 0.338 e. The van der Waals surface area contributed by atoms with Crippen LogP contribution in [0.3, 0.4) is 0 Å². The Morgan fingerprint density at radius 1 is 1.14 bits per heavy atom. The van der Waals surface area contributed by atoms with Crippen LogP contribution in [-0.2, 0) is 16.0 Å². The van der Waals surface area contributed by atoms with Crippen molar-refractivity contribution in [3.05, 3.63) is 79.9 Å². The highest BCUT2D eigenvalue weighted by molar-refractivity contribution is 5.95. The lowest BCUT2D eigenvalue weighted by Gasteiger charge is -2.31. The summed E-state index contributed by atoms with van der Waals surface area (Å²) in [6.07, 6.45) is 1.24. The topological polar surface area (TPSA) is 79.5 Å². The smallest absolute Gasteiger partial charge is 0.338 e. The summed E-state index contributed by atoms with van der Waals surface area (Å²) in [6.45, 7) is 4.56. The largest absolute Gasteiger partial charge is 0.346 e. The molecule has 0 bridgehead atoms. The summed E-state index contributed by atoms with van der Waals surface area (Å²) >= 11 is 0. The number of rotatable bonds is 3. The van der Waals surface area contributed by atoms with Crippen LogP contribution in [-0.4, -0.2) is 34.0 Å². The molecule has 1 aromatic carbocycles. The van der Waals surface area contributed by atoms with Gasteiger partial charge in [-0.1, -0.05) is 18.2 Å². The quantitative estimate of drug-likeness (QED) is 0.804. The number of carbonyl (C=O) groups is 1. The molecule has 2 heterocycles. The van der Waals surface area contributed by atoms with Gasteiger partial charge in [0.25, 0.3) is 11.5 Å². The van der Waals surface area contributed by atoms with Gasteiger partial charge in [-0.15, -0.1) is 0 Å². The molecule has 0 aliphatic carbocycles. The molecule has 3 rings (SSSR count). The second-order valence-electron chi connectivity index (χ2n) is 7.02. The van der Waals surface area contributed by atoms with Crippen LogP contribution in [0.4, 0.5) is 4.39 Å². The molecule has 1 saturated heterocycles. The summed E-state index contributed by atoms with van der Waals surface area (Å²) in [6, 6.07) is 7.97. The highest BCUT2D eigenvalue weighted by atomic mass is 19.1. The molecule has 8 heteroatoms. The molecule has 1 aliphatic heterocycles. The van der Waals surface area contributed by atoms with Crippen molar-refractivity contribution in [3.63, 3.8) is 0 Å². The van der Waals surface area contributed by atoms with E-state index < -0.39 is 35.3 Å². The first-order valence-electron chi connectivity index (χ1n) is 8.77. The molecule has 28 heavy (non-hydrogen) atoms. The van der Waals surface area contributed by atoms with Gasteiger partial charge in [0, 0.05) is 22.9 Å². The van der Waals surface area contributed by atoms with E-state index in [0.717, 1.165) is 4.57 Å². The zero-order chi connectivity index (χ0) is 20.5. The third kappa shape index (κ3) is 4.02. The first-order valence-corrected chi connectivity index (χ1v) is 8.77. The molecule has 0 atom stereocenters. The molecule has 0 saturated carbocycles. The molecule has 0 amide bonds. The number of halogens is 1. The van der Waals surface area contributed by atoms with Crippen molar-refractivity contribution in [1.29, 1.82) is 0 Å². The first-order chi connectivity index (χ1) is 13.2. The standard InChI is InChI=1S/C20H21FN2O5/c1-13-9-22(10-16(21)15-11-27-20(2,3)28-12-15)19(26)23(17(13)24)18(25)14-7-5-4-6-8-14/h4-9H,10-12H2,1-3H3.